The van der Waals surface area contributed by atoms with Gasteiger partial charge in [0.05, 0.1) is 6.04 Å². The van der Waals surface area contributed by atoms with Crippen LogP contribution >= 0.6 is 0 Å². The second kappa shape index (κ2) is 5.32. The number of nitrogens with two attached hydrogens (primary N) is 1. The van der Waals surface area contributed by atoms with Gasteiger partial charge < -0.3 is 11.1 Å². The van der Waals surface area contributed by atoms with Crippen LogP contribution in [0.2, 0.25) is 0 Å². The molecular formula is C10H21N3O. The molecule has 1 atom stereocenters. The minimum Gasteiger partial charge on any atom is -0.368 e. The fourth-order valence-electron chi connectivity index (χ4n) is 2.14. The highest BCUT2D eigenvalue weighted by Gasteiger charge is 2.26. The smallest absolute Gasteiger partial charge is 0.234 e. The predicted octanol–water partition coefficient (Wildman–Crippen LogP) is -0.0659. The van der Waals surface area contributed by atoms with E-state index in [0.717, 1.165) is 32.4 Å². The van der Waals surface area contributed by atoms with Gasteiger partial charge in [-0.2, -0.15) is 0 Å². The van der Waals surface area contributed by atoms with Gasteiger partial charge in [-0.15, -0.1) is 0 Å². The summed E-state index contributed by atoms with van der Waals surface area (Å²) in [5, 5.41) is 3.27. The van der Waals surface area contributed by atoms with Crippen LogP contribution in [0.1, 0.15) is 26.2 Å². The van der Waals surface area contributed by atoms with Crippen LogP contribution in [0.25, 0.3) is 0 Å². The van der Waals surface area contributed by atoms with Crippen LogP contribution in [-0.4, -0.2) is 43.0 Å². The van der Waals surface area contributed by atoms with Gasteiger partial charge in [-0.1, -0.05) is 6.92 Å². The molecule has 0 saturated carbocycles. The van der Waals surface area contributed by atoms with Crippen molar-refractivity contribution in [2.45, 2.75) is 38.3 Å². The van der Waals surface area contributed by atoms with Crippen LogP contribution in [0.15, 0.2) is 0 Å². The van der Waals surface area contributed by atoms with Gasteiger partial charge in [-0.3, -0.25) is 9.69 Å². The van der Waals surface area contributed by atoms with Gasteiger partial charge in [0.1, 0.15) is 0 Å². The van der Waals surface area contributed by atoms with Gasteiger partial charge >= 0.3 is 0 Å². The molecule has 1 unspecified atom stereocenters. The Balaban J connectivity index is 2.43. The standard InChI is InChI=1S/C10H21N3O/c1-3-9(10(11)14)13-6-4-8(12-2)5-7-13/h8-9,12H,3-7H2,1-2H3,(H2,11,14). The number of nitrogens with one attached hydrogen (secondary N) is 1. The van der Waals surface area contributed by atoms with Crippen molar-refractivity contribution in [2.75, 3.05) is 20.1 Å². The maximum atomic E-state index is 11.1. The Morgan fingerprint density at radius 1 is 1.57 bits per heavy atom. The van der Waals surface area contributed by atoms with E-state index in [2.05, 4.69) is 10.2 Å². The average molecular weight is 199 g/mol. The van der Waals surface area contributed by atoms with Crippen LogP contribution < -0.4 is 11.1 Å². The predicted molar refractivity (Wildman–Crippen MR) is 56.9 cm³/mol. The van der Waals surface area contributed by atoms with Crippen LogP contribution in [0, 0.1) is 0 Å². The molecule has 1 amide bonds. The second-order valence-electron chi connectivity index (χ2n) is 3.93. The maximum Gasteiger partial charge on any atom is 0.234 e. The molecule has 0 aromatic heterocycles. The Labute approximate surface area is 85.8 Å². The number of likely N-dealkylation sites (tertiary alicyclic amines) is 1. The van der Waals surface area contributed by atoms with Gasteiger partial charge in [-0.25, -0.2) is 0 Å². The lowest BCUT2D eigenvalue weighted by Crippen LogP contribution is -2.50. The molecule has 1 rings (SSSR count). The number of hydrogen-bond donors (Lipinski definition) is 2. The van der Waals surface area contributed by atoms with E-state index >= 15 is 0 Å². The molecule has 1 aliphatic rings. The monoisotopic (exact) mass is 199 g/mol. The normalized spacial score (nSPS) is 22.1. The highest BCUT2D eigenvalue weighted by atomic mass is 16.1. The van der Waals surface area contributed by atoms with Crippen LogP contribution in [-0.2, 0) is 4.79 Å². The third kappa shape index (κ3) is 2.69. The van der Waals surface area contributed by atoms with Crippen molar-refractivity contribution in [3.63, 3.8) is 0 Å². The summed E-state index contributed by atoms with van der Waals surface area (Å²) in [6.07, 6.45) is 3.04. The molecule has 1 aliphatic heterocycles. The fraction of sp³-hybridized carbons (Fsp3) is 0.900. The van der Waals surface area contributed by atoms with E-state index in [1.54, 1.807) is 0 Å². The highest BCUT2D eigenvalue weighted by molar-refractivity contribution is 5.79. The van der Waals surface area contributed by atoms with Gasteiger partial charge in [-0.05, 0) is 26.3 Å². The number of nitrogens with zero attached hydrogens (tertiary/aromatic N) is 1. The van der Waals surface area contributed by atoms with Crippen molar-refractivity contribution in [1.82, 2.24) is 10.2 Å². The molecule has 0 radical (unpaired) electrons. The molecular weight excluding hydrogens is 178 g/mol. The van der Waals surface area contributed by atoms with E-state index in [1.165, 1.54) is 0 Å². The van der Waals surface area contributed by atoms with E-state index in [-0.39, 0.29) is 11.9 Å². The summed E-state index contributed by atoms with van der Waals surface area (Å²) in [6, 6.07) is 0.546. The fourth-order valence-corrected chi connectivity index (χ4v) is 2.14. The first-order chi connectivity index (χ1) is 6.69. The molecule has 0 spiro atoms. The van der Waals surface area contributed by atoms with Crippen LogP contribution in [0.4, 0.5) is 0 Å². The largest absolute Gasteiger partial charge is 0.368 e. The molecule has 0 bridgehead atoms. The molecule has 4 heteroatoms. The Hall–Kier alpha value is -0.610. The summed E-state index contributed by atoms with van der Waals surface area (Å²) in [7, 11) is 1.99. The Morgan fingerprint density at radius 2 is 2.14 bits per heavy atom. The number of carbonyl (C=O) groups is 1. The first-order valence-electron chi connectivity index (χ1n) is 5.39. The molecule has 1 heterocycles. The summed E-state index contributed by atoms with van der Waals surface area (Å²) in [5.74, 6) is -0.185. The molecule has 4 nitrogen and oxygen atoms in total. The summed E-state index contributed by atoms with van der Waals surface area (Å²) >= 11 is 0. The quantitative estimate of drug-likeness (QED) is 0.666. The van der Waals surface area contributed by atoms with E-state index in [4.69, 9.17) is 5.73 Å². The van der Waals surface area contributed by atoms with Crippen molar-refractivity contribution in [3.8, 4) is 0 Å². The lowest BCUT2D eigenvalue weighted by Gasteiger charge is -2.35. The molecule has 82 valence electrons. The lowest BCUT2D eigenvalue weighted by molar-refractivity contribution is -0.123. The number of rotatable bonds is 4. The van der Waals surface area contributed by atoms with Gasteiger partial charge in [0, 0.05) is 19.1 Å². The molecule has 1 saturated heterocycles. The maximum absolute atomic E-state index is 11.1. The van der Waals surface area contributed by atoms with E-state index in [9.17, 15) is 4.79 Å². The number of hydrogen-bond acceptors (Lipinski definition) is 3. The summed E-state index contributed by atoms with van der Waals surface area (Å²) in [4.78, 5) is 13.4. The van der Waals surface area contributed by atoms with Crippen LogP contribution in [0.5, 0.6) is 0 Å². The Morgan fingerprint density at radius 3 is 2.50 bits per heavy atom. The molecule has 0 aromatic rings. The summed E-state index contributed by atoms with van der Waals surface area (Å²) in [6.45, 7) is 3.97. The van der Waals surface area contributed by atoms with E-state index in [1.807, 2.05) is 14.0 Å². The third-order valence-electron chi connectivity index (χ3n) is 3.09. The number of piperidine rings is 1. The SMILES string of the molecule is CCC(C(N)=O)N1CCC(NC)CC1. The first-order valence-corrected chi connectivity index (χ1v) is 5.39. The van der Waals surface area contributed by atoms with E-state index < -0.39 is 0 Å². The average Bonchev–Trinajstić information content (AvgIpc) is 2.19. The minimum absolute atomic E-state index is 0.0622. The van der Waals surface area contributed by atoms with Crippen molar-refractivity contribution in [3.05, 3.63) is 0 Å². The number of carbonyl (C=O) groups excluding carboxylic acids is 1. The third-order valence-corrected chi connectivity index (χ3v) is 3.09. The molecule has 0 aromatic carbocycles. The zero-order valence-electron chi connectivity index (χ0n) is 9.12. The first kappa shape index (κ1) is 11.5. The zero-order valence-corrected chi connectivity index (χ0v) is 9.12. The molecule has 0 aliphatic carbocycles. The second-order valence-corrected chi connectivity index (χ2v) is 3.93. The zero-order chi connectivity index (χ0) is 10.6. The highest BCUT2D eigenvalue weighted by Crippen LogP contribution is 2.14. The van der Waals surface area contributed by atoms with Crippen LogP contribution in [0.3, 0.4) is 0 Å². The van der Waals surface area contributed by atoms with Gasteiger partial charge in [0.25, 0.3) is 0 Å². The summed E-state index contributed by atoms with van der Waals surface area (Å²) < 4.78 is 0. The van der Waals surface area contributed by atoms with E-state index in [0.29, 0.717) is 6.04 Å². The molecule has 3 N–H and O–H groups in total. The van der Waals surface area contributed by atoms with Crippen molar-refractivity contribution >= 4 is 5.91 Å². The Bertz CT molecular complexity index is 188. The Kier molecular flexibility index (Phi) is 4.35. The summed E-state index contributed by atoms with van der Waals surface area (Å²) in [5.41, 5.74) is 5.35. The van der Waals surface area contributed by atoms with Gasteiger partial charge in [0.15, 0.2) is 0 Å². The van der Waals surface area contributed by atoms with Crippen molar-refractivity contribution in [1.29, 1.82) is 0 Å². The van der Waals surface area contributed by atoms with Crippen molar-refractivity contribution in [2.24, 2.45) is 5.73 Å². The molecule has 1 fully saturated rings. The number of primary amides is 1. The minimum atomic E-state index is -0.185. The number of amides is 1. The topological polar surface area (TPSA) is 58.4 Å². The lowest BCUT2D eigenvalue weighted by atomic mass is 10.0. The molecule has 14 heavy (non-hydrogen) atoms. The van der Waals surface area contributed by atoms with Crippen molar-refractivity contribution < 1.29 is 4.79 Å². The van der Waals surface area contributed by atoms with Gasteiger partial charge in [0.2, 0.25) is 5.91 Å².